The van der Waals surface area contributed by atoms with E-state index in [1.165, 1.54) is 19.2 Å². The average molecular weight is 397 g/mol. The topological polar surface area (TPSA) is 86.3 Å². The number of oxime groups is 2. The van der Waals surface area contributed by atoms with E-state index in [1.807, 2.05) is 24.3 Å². The molecule has 0 aromatic heterocycles. The van der Waals surface area contributed by atoms with Crippen LogP contribution < -0.4 is 5.73 Å². The second-order valence-corrected chi connectivity index (χ2v) is 7.27. The van der Waals surface area contributed by atoms with Crippen molar-refractivity contribution in [2.75, 3.05) is 7.11 Å². The number of primary amides is 1. The fourth-order valence-electron chi connectivity index (χ4n) is 3.51. The molecule has 2 aromatic carbocycles. The van der Waals surface area contributed by atoms with E-state index in [0.29, 0.717) is 11.5 Å². The zero-order chi connectivity index (χ0) is 20.9. The highest BCUT2D eigenvalue weighted by atomic mass is 19.1. The van der Waals surface area contributed by atoms with Gasteiger partial charge in [-0.1, -0.05) is 53.6 Å². The van der Waals surface area contributed by atoms with Crippen LogP contribution in [0, 0.1) is 11.7 Å². The van der Waals surface area contributed by atoms with Crippen molar-refractivity contribution in [2.24, 2.45) is 22.0 Å². The molecule has 0 unspecified atom stereocenters. The summed E-state index contributed by atoms with van der Waals surface area (Å²) in [6.07, 6.45) is 3.55. The number of nitrogens with zero attached hydrogens (tertiary/aromatic N) is 2. The second-order valence-electron chi connectivity index (χ2n) is 7.27. The van der Waals surface area contributed by atoms with Crippen LogP contribution >= 0.6 is 0 Å². The minimum Gasteiger partial charge on any atom is -0.398 e. The Balaban J connectivity index is 1.55. The molecule has 2 atom stereocenters. The molecule has 1 aliphatic carbocycles. The smallest absolute Gasteiger partial charge is 0.271 e. The maximum Gasteiger partial charge on any atom is 0.271 e. The van der Waals surface area contributed by atoms with Crippen molar-refractivity contribution in [3.63, 3.8) is 0 Å². The number of carbonyl (C=O) groups excluding carboxylic acids is 1. The lowest BCUT2D eigenvalue weighted by molar-refractivity contribution is -0.112. The third-order valence-electron chi connectivity index (χ3n) is 5.36. The van der Waals surface area contributed by atoms with Gasteiger partial charge in [0.15, 0.2) is 5.71 Å². The Labute approximate surface area is 169 Å². The minimum absolute atomic E-state index is 0.0312. The Morgan fingerprint density at radius 2 is 2.00 bits per heavy atom. The van der Waals surface area contributed by atoms with Crippen molar-refractivity contribution in [1.82, 2.24) is 0 Å². The molecule has 3 rings (SSSR count). The fraction of sp³-hybridized carbons (Fsp3) is 0.318. The molecule has 1 aliphatic rings. The highest BCUT2D eigenvalue weighted by molar-refractivity contribution is 6.45. The normalized spacial score (nSPS) is 21.2. The van der Waals surface area contributed by atoms with E-state index in [4.69, 9.17) is 15.4 Å². The lowest BCUT2D eigenvalue weighted by atomic mass is 9.95. The van der Waals surface area contributed by atoms with Crippen molar-refractivity contribution in [1.29, 1.82) is 0 Å². The molecule has 7 heteroatoms. The molecule has 2 aromatic rings. The van der Waals surface area contributed by atoms with E-state index in [1.54, 1.807) is 18.3 Å². The first-order valence-corrected chi connectivity index (χ1v) is 9.34. The van der Waals surface area contributed by atoms with Crippen molar-refractivity contribution in [3.05, 3.63) is 71.0 Å². The van der Waals surface area contributed by atoms with Crippen LogP contribution in [-0.4, -0.2) is 24.9 Å². The number of hydrogen-bond acceptors (Lipinski definition) is 5. The molecule has 0 radical (unpaired) electrons. The predicted octanol–water partition coefficient (Wildman–Crippen LogP) is 3.53. The molecule has 0 heterocycles. The molecule has 0 aliphatic heterocycles. The molecule has 1 amide bonds. The molecular formula is C22H24FN3O3. The van der Waals surface area contributed by atoms with E-state index < -0.39 is 5.91 Å². The lowest BCUT2D eigenvalue weighted by Crippen LogP contribution is -2.25. The van der Waals surface area contributed by atoms with Gasteiger partial charge in [0, 0.05) is 17.3 Å². The van der Waals surface area contributed by atoms with E-state index in [-0.39, 0.29) is 23.6 Å². The SMILES string of the molecule is CON=C(C(N)=O)c1ccccc1CON=CC[C@@H]1C[C@@]1(C)c1ccc(F)cc1. The van der Waals surface area contributed by atoms with Gasteiger partial charge in [-0.05, 0) is 41.9 Å². The van der Waals surface area contributed by atoms with Gasteiger partial charge in [0.2, 0.25) is 0 Å². The molecule has 6 nitrogen and oxygen atoms in total. The largest absolute Gasteiger partial charge is 0.398 e. The fourth-order valence-corrected chi connectivity index (χ4v) is 3.51. The Kier molecular flexibility index (Phi) is 6.26. The van der Waals surface area contributed by atoms with Crippen LogP contribution in [0.25, 0.3) is 0 Å². The molecule has 1 saturated carbocycles. The molecule has 1 fully saturated rings. The molecule has 0 bridgehead atoms. The third kappa shape index (κ3) is 4.80. The van der Waals surface area contributed by atoms with Gasteiger partial charge in [-0.3, -0.25) is 4.79 Å². The number of hydrogen-bond donors (Lipinski definition) is 1. The predicted molar refractivity (Wildman–Crippen MR) is 109 cm³/mol. The van der Waals surface area contributed by atoms with Crippen molar-refractivity contribution >= 4 is 17.8 Å². The number of carbonyl (C=O) groups is 1. The van der Waals surface area contributed by atoms with E-state index in [0.717, 1.165) is 24.0 Å². The van der Waals surface area contributed by atoms with Crippen molar-refractivity contribution < 1.29 is 18.9 Å². The summed E-state index contributed by atoms with van der Waals surface area (Å²) in [7, 11) is 1.35. The summed E-state index contributed by atoms with van der Waals surface area (Å²) in [5.41, 5.74) is 7.88. The molecule has 2 N–H and O–H groups in total. The van der Waals surface area contributed by atoms with E-state index in [2.05, 4.69) is 17.2 Å². The Bertz CT molecular complexity index is 927. The van der Waals surface area contributed by atoms with Crippen LogP contribution in [0.4, 0.5) is 4.39 Å². The highest BCUT2D eigenvalue weighted by Gasteiger charge is 2.50. The average Bonchev–Trinajstić information content (AvgIpc) is 3.37. The zero-order valence-electron chi connectivity index (χ0n) is 16.5. The van der Waals surface area contributed by atoms with Crippen LogP contribution in [0.2, 0.25) is 0 Å². The minimum atomic E-state index is -0.684. The van der Waals surface area contributed by atoms with Crippen molar-refractivity contribution in [3.8, 4) is 0 Å². The maximum absolute atomic E-state index is 13.1. The lowest BCUT2D eigenvalue weighted by Gasteiger charge is -2.10. The standard InChI is InChI=1S/C22H24FN3O3/c1-22(16-7-9-18(23)10-8-16)13-17(22)11-12-25-29-14-15-5-3-4-6-19(15)20(21(24)27)26-28-2/h3-10,12,17H,11,13-14H2,1-2H3,(H2,24,27)/t17-,22+/m1/s1. The second kappa shape index (κ2) is 8.86. The summed E-state index contributed by atoms with van der Waals surface area (Å²) in [5.74, 6) is -0.459. The summed E-state index contributed by atoms with van der Waals surface area (Å²) >= 11 is 0. The molecular weight excluding hydrogens is 373 g/mol. The van der Waals surface area contributed by atoms with Gasteiger partial charge in [-0.25, -0.2) is 4.39 Å². The zero-order valence-corrected chi connectivity index (χ0v) is 16.5. The summed E-state index contributed by atoms with van der Waals surface area (Å²) in [6.45, 7) is 2.35. The molecule has 0 spiro atoms. The summed E-state index contributed by atoms with van der Waals surface area (Å²) < 4.78 is 13.1. The summed E-state index contributed by atoms with van der Waals surface area (Å²) in [5, 5.41) is 7.74. The Morgan fingerprint density at radius 1 is 1.28 bits per heavy atom. The number of halogens is 1. The maximum atomic E-state index is 13.1. The van der Waals surface area contributed by atoms with Gasteiger partial charge < -0.3 is 15.4 Å². The quantitative estimate of drug-likeness (QED) is 0.519. The van der Waals surface area contributed by atoms with Gasteiger partial charge >= 0.3 is 0 Å². The van der Waals surface area contributed by atoms with Crippen LogP contribution in [0.15, 0.2) is 58.8 Å². The number of nitrogens with two attached hydrogens (primary N) is 1. The van der Waals surface area contributed by atoms with Gasteiger partial charge in [0.1, 0.15) is 19.5 Å². The van der Waals surface area contributed by atoms with Crippen LogP contribution in [0.1, 0.15) is 36.5 Å². The van der Waals surface area contributed by atoms with Gasteiger partial charge in [-0.15, -0.1) is 0 Å². The van der Waals surface area contributed by atoms with Crippen molar-refractivity contribution in [2.45, 2.75) is 31.8 Å². The molecule has 29 heavy (non-hydrogen) atoms. The summed E-state index contributed by atoms with van der Waals surface area (Å²) in [6, 6.07) is 13.8. The van der Waals surface area contributed by atoms with E-state index in [9.17, 15) is 9.18 Å². The Morgan fingerprint density at radius 3 is 2.69 bits per heavy atom. The molecule has 152 valence electrons. The first-order valence-electron chi connectivity index (χ1n) is 9.34. The first-order chi connectivity index (χ1) is 14.0. The number of benzene rings is 2. The van der Waals surface area contributed by atoms with Gasteiger partial charge in [0.25, 0.3) is 5.91 Å². The number of amides is 1. The Hall–Kier alpha value is -3.22. The molecule has 0 saturated heterocycles. The van der Waals surface area contributed by atoms with E-state index >= 15 is 0 Å². The van der Waals surface area contributed by atoms with Gasteiger partial charge in [-0.2, -0.15) is 0 Å². The monoisotopic (exact) mass is 397 g/mol. The summed E-state index contributed by atoms with van der Waals surface area (Å²) in [4.78, 5) is 21.7. The van der Waals surface area contributed by atoms with Gasteiger partial charge in [0.05, 0.1) is 0 Å². The highest BCUT2D eigenvalue weighted by Crippen LogP contribution is 2.55. The third-order valence-corrected chi connectivity index (χ3v) is 5.36. The first kappa shape index (κ1) is 20.5. The van der Waals surface area contributed by atoms with Crippen LogP contribution in [0.3, 0.4) is 0 Å². The number of rotatable bonds is 9. The van der Waals surface area contributed by atoms with Crippen LogP contribution in [0.5, 0.6) is 0 Å². The van der Waals surface area contributed by atoms with Crippen LogP contribution in [-0.2, 0) is 26.5 Å².